The maximum Gasteiger partial charge on any atom is 0.338 e. The summed E-state index contributed by atoms with van der Waals surface area (Å²) in [5, 5.41) is 7.81. The van der Waals surface area contributed by atoms with E-state index < -0.39 is 28.0 Å². The molecule has 0 saturated heterocycles. The van der Waals surface area contributed by atoms with Crippen molar-refractivity contribution < 1.29 is 27.5 Å². The second-order valence-corrected chi connectivity index (χ2v) is 8.25. The first-order valence-corrected chi connectivity index (χ1v) is 10.4. The Hall–Kier alpha value is -2.91. The van der Waals surface area contributed by atoms with Gasteiger partial charge in [0, 0.05) is 5.69 Å². The second kappa shape index (κ2) is 9.06. The number of primary sulfonamides is 1. The van der Waals surface area contributed by atoms with Crippen molar-refractivity contribution >= 4 is 27.6 Å². The monoisotopic (exact) mass is 420 g/mol. The summed E-state index contributed by atoms with van der Waals surface area (Å²) in [6.07, 6.45) is -1.10. The molecule has 2 aromatic rings. The molecule has 0 aliphatic rings. The third-order valence-electron chi connectivity index (χ3n) is 4.20. The van der Waals surface area contributed by atoms with Gasteiger partial charge in [-0.05, 0) is 48.7 Å². The van der Waals surface area contributed by atoms with Gasteiger partial charge in [-0.15, -0.1) is 0 Å². The maximum absolute atomic E-state index is 12.3. The van der Waals surface area contributed by atoms with E-state index in [1.807, 2.05) is 12.1 Å². The molecular weight excluding hydrogens is 396 g/mol. The van der Waals surface area contributed by atoms with E-state index in [2.05, 4.69) is 19.2 Å². The summed E-state index contributed by atoms with van der Waals surface area (Å²) in [4.78, 5) is 24.3. The average molecular weight is 420 g/mol. The van der Waals surface area contributed by atoms with Gasteiger partial charge in [0.2, 0.25) is 10.0 Å². The normalized spacial score (nSPS) is 12.3. The first-order valence-electron chi connectivity index (χ1n) is 8.85. The Kier molecular flexibility index (Phi) is 6.99. The molecular formula is C20H24N2O6S. The minimum absolute atomic E-state index is 0.000291. The molecule has 0 heterocycles. The van der Waals surface area contributed by atoms with Crippen LogP contribution in [0.4, 0.5) is 5.69 Å². The number of nitrogens with two attached hydrogens (primary N) is 1. The number of carbonyl (C=O) groups is 2. The van der Waals surface area contributed by atoms with Gasteiger partial charge in [-0.1, -0.05) is 26.0 Å². The Morgan fingerprint density at radius 1 is 1.03 bits per heavy atom. The molecule has 29 heavy (non-hydrogen) atoms. The topological polar surface area (TPSA) is 125 Å². The zero-order valence-corrected chi connectivity index (χ0v) is 17.4. The van der Waals surface area contributed by atoms with Crippen molar-refractivity contribution in [1.82, 2.24) is 0 Å². The summed E-state index contributed by atoms with van der Waals surface area (Å²) in [6.45, 7) is 5.55. The number of amides is 1. The highest BCUT2D eigenvalue weighted by Crippen LogP contribution is 2.24. The van der Waals surface area contributed by atoms with Gasteiger partial charge in [0.25, 0.3) is 5.91 Å². The molecule has 1 atom stereocenters. The predicted octanol–water partition coefficient (Wildman–Crippen LogP) is 2.65. The number of anilines is 1. The van der Waals surface area contributed by atoms with E-state index in [1.54, 1.807) is 12.1 Å². The molecule has 3 N–H and O–H groups in total. The number of methoxy groups -OCH3 is 1. The van der Waals surface area contributed by atoms with Crippen LogP contribution in [0.5, 0.6) is 5.75 Å². The Morgan fingerprint density at radius 2 is 1.66 bits per heavy atom. The number of carbonyl (C=O) groups excluding carboxylic acids is 2. The van der Waals surface area contributed by atoms with Crippen molar-refractivity contribution in [3.05, 3.63) is 53.6 Å². The van der Waals surface area contributed by atoms with Gasteiger partial charge < -0.3 is 14.8 Å². The summed E-state index contributed by atoms with van der Waals surface area (Å²) in [5.41, 5.74) is 1.63. The van der Waals surface area contributed by atoms with Crippen LogP contribution in [-0.4, -0.2) is 33.5 Å². The molecule has 0 spiro atoms. The van der Waals surface area contributed by atoms with Gasteiger partial charge in [0.05, 0.1) is 12.7 Å². The molecule has 2 aromatic carbocycles. The molecule has 8 nitrogen and oxygen atoms in total. The number of esters is 1. The number of hydrogen-bond acceptors (Lipinski definition) is 6. The second-order valence-electron chi connectivity index (χ2n) is 6.72. The first-order chi connectivity index (χ1) is 13.5. The van der Waals surface area contributed by atoms with Crippen molar-refractivity contribution in [2.75, 3.05) is 12.4 Å². The highest BCUT2D eigenvalue weighted by molar-refractivity contribution is 7.89. The van der Waals surface area contributed by atoms with Crippen LogP contribution in [0.2, 0.25) is 0 Å². The quantitative estimate of drug-likeness (QED) is 0.664. The molecule has 1 amide bonds. The lowest BCUT2D eigenvalue weighted by atomic mass is 10.0. The lowest BCUT2D eigenvalue weighted by molar-refractivity contribution is -0.123. The largest absolute Gasteiger partial charge is 0.495 e. The Morgan fingerprint density at radius 3 is 2.17 bits per heavy atom. The fourth-order valence-electron chi connectivity index (χ4n) is 2.50. The van der Waals surface area contributed by atoms with E-state index in [0.717, 1.165) is 11.6 Å². The molecule has 0 aromatic heterocycles. The summed E-state index contributed by atoms with van der Waals surface area (Å²) in [7, 11) is -2.83. The van der Waals surface area contributed by atoms with E-state index in [-0.39, 0.29) is 16.2 Å². The number of ether oxygens (including phenoxy) is 2. The van der Waals surface area contributed by atoms with Crippen LogP contribution in [0.1, 0.15) is 42.6 Å². The van der Waals surface area contributed by atoms with Gasteiger partial charge in [0.1, 0.15) is 10.6 Å². The van der Waals surface area contributed by atoms with Crippen LogP contribution in [0.15, 0.2) is 47.4 Å². The van der Waals surface area contributed by atoms with Crippen LogP contribution in [0.25, 0.3) is 0 Å². The predicted molar refractivity (Wildman–Crippen MR) is 108 cm³/mol. The third-order valence-corrected chi connectivity index (χ3v) is 5.14. The number of benzene rings is 2. The van der Waals surface area contributed by atoms with Gasteiger partial charge in [-0.3, -0.25) is 4.79 Å². The summed E-state index contributed by atoms with van der Waals surface area (Å²) >= 11 is 0. The maximum atomic E-state index is 12.3. The van der Waals surface area contributed by atoms with Crippen molar-refractivity contribution in [2.24, 2.45) is 5.14 Å². The minimum atomic E-state index is -4.11. The van der Waals surface area contributed by atoms with Gasteiger partial charge in [-0.25, -0.2) is 18.4 Å². The number of rotatable bonds is 7. The standard InChI is InChI=1S/C20H24N2O6S/c1-12(2)14-5-8-16(9-6-14)22-19(23)13(3)28-20(24)15-7-10-17(27-4)18(11-15)29(21,25)26/h5-13H,1-4H3,(H,22,23)(H2,21,25,26). The van der Waals surface area contributed by atoms with Crippen molar-refractivity contribution in [3.63, 3.8) is 0 Å². The first kappa shape index (κ1) is 22.4. The van der Waals surface area contributed by atoms with Crippen LogP contribution in [0.3, 0.4) is 0 Å². The molecule has 0 aliphatic carbocycles. The minimum Gasteiger partial charge on any atom is -0.495 e. The van der Waals surface area contributed by atoms with Crippen LogP contribution in [-0.2, 0) is 19.6 Å². The molecule has 0 aliphatic heterocycles. The average Bonchev–Trinajstić information content (AvgIpc) is 2.67. The highest BCUT2D eigenvalue weighted by atomic mass is 32.2. The Bertz CT molecular complexity index is 1000. The highest BCUT2D eigenvalue weighted by Gasteiger charge is 2.22. The molecule has 156 valence electrons. The van der Waals surface area contributed by atoms with Gasteiger partial charge >= 0.3 is 5.97 Å². The SMILES string of the molecule is COc1ccc(C(=O)OC(C)C(=O)Nc2ccc(C(C)C)cc2)cc1S(N)(=O)=O. The van der Waals surface area contributed by atoms with Crippen molar-refractivity contribution in [2.45, 2.75) is 37.7 Å². The molecule has 0 saturated carbocycles. The van der Waals surface area contributed by atoms with E-state index in [0.29, 0.717) is 11.6 Å². The lowest BCUT2D eigenvalue weighted by Gasteiger charge is -2.15. The van der Waals surface area contributed by atoms with E-state index >= 15 is 0 Å². The van der Waals surface area contributed by atoms with Gasteiger partial charge in [-0.2, -0.15) is 0 Å². The van der Waals surface area contributed by atoms with Crippen LogP contribution in [0, 0.1) is 0 Å². The third kappa shape index (κ3) is 5.78. The molecule has 0 radical (unpaired) electrons. The van der Waals surface area contributed by atoms with E-state index in [1.165, 1.54) is 26.2 Å². The fraction of sp³-hybridized carbons (Fsp3) is 0.300. The fourth-order valence-corrected chi connectivity index (χ4v) is 3.23. The number of hydrogen-bond donors (Lipinski definition) is 2. The van der Waals surface area contributed by atoms with Crippen molar-refractivity contribution in [3.8, 4) is 5.75 Å². The zero-order chi connectivity index (χ0) is 21.8. The van der Waals surface area contributed by atoms with E-state index in [4.69, 9.17) is 14.6 Å². The Balaban J connectivity index is 2.09. The van der Waals surface area contributed by atoms with Crippen LogP contribution >= 0.6 is 0 Å². The van der Waals surface area contributed by atoms with Crippen molar-refractivity contribution in [1.29, 1.82) is 0 Å². The molecule has 2 rings (SSSR count). The van der Waals surface area contributed by atoms with E-state index in [9.17, 15) is 18.0 Å². The molecule has 1 unspecified atom stereocenters. The van der Waals surface area contributed by atoms with Crippen LogP contribution < -0.4 is 15.2 Å². The number of sulfonamides is 1. The molecule has 0 fully saturated rings. The lowest BCUT2D eigenvalue weighted by Crippen LogP contribution is -2.30. The smallest absolute Gasteiger partial charge is 0.338 e. The van der Waals surface area contributed by atoms with Gasteiger partial charge in [0.15, 0.2) is 6.10 Å². The summed E-state index contributed by atoms with van der Waals surface area (Å²) in [6, 6.07) is 11.0. The summed E-state index contributed by atoms with van der Waals surface area (Å²) in [5.74, 6) is -1.02. The number of nitrogens with one attached hydrogen (secondary N) is 1. The Labute approximate surface area is 170 Å². The zero-order valence-electron chi connectivity index (χ0n) is 16.6. The molecule has 0 bridgehead atoms. The molecule has 9 heteroatoms. The summed E-state index contributed by atoms with van der Waals surface area (Å²) < 4.78 is 33.4.